The molecule has 1 aromatic rings. The predicted octanol–water partition coefficient (Wildman–Crippen LogP) is 2.57. The second-order valence-corrected chi connectivity index (χ2v) is 3.15. The Hall–Kier alpha value is -0.630. The summed E-state index contributed by atoms with van der Waals surface area (Å²) in [6, 6.07) is 0. The summed E-state index contributed by atoms with van der Waals surface area (Å²) < 4.78 is 4.08. The van der Waals surface area contributed by atoms with Crippen LogP contribution in [-0.2, 0) is 6.42 Å². The van der Waals surface area contributed by atoms with Crippen molar-refractivity contribution < 1.29 is 0 Å². The first kappa shape index (κ1) is 7.48. The van der Waals surface area contributed by atoms with Crippen LogP contribution in [0.4, 0.5) is 0 Å². The summed E-state index contributed by atoms with van der Waals surface area (Å²) in [4.78, 5) is 1.39. The van der Waals surface area contributed by atoms with E-state index in [9.17, 15) is 0 Å². The van der Waals surface area contributed by atoms with Gasteiger partial charge in [-0.2, -0.15) is 0 Å². The molecular weight excluding hydrogens is 142 g/mol. The molecule has 0 unspecified atom stereocenters. The third-order valence-corrected chi connectivity index (χ3v) is 2.38. The van der Waals surface area contributed by atoms with Crippen LogP contribution in [0.25, 0.3) is 0 Å². The molecule has 0 aliphatic carbocycles. The second kappa shape index (κ2) is 3.52. The summed E-state index contributed by atoms with van der Waals surface area (Å²) in [7, 11) is 0. The highest BCUT2D eigenvalue weighted by atomic mass is 32.1. The molecule has 54 valence electrons. The van der Waals surface area contributed by atoms with Crippen molar-refractivity contribution in [3.63, 3.8) is 0 Å². The molecular formula is C8H11NS. The van der Waals surface area contributed by atoms with Gasteiger partial charge in [0, 0.05) is 11.1 Å². The second-order valence-electron chi connectivity index (χ2n) is 2.26. The number of nitrogens with zero attached hydrogens (tertiary/aromatic N) is 1. The standard InChI is InChI=1S/C8H11NS/c1-3-4-5-8-7(2)6-9-10-8/h3,6H,1,4-5H2,2H3. The highest BCUT2D eigenvalue weighted by molar-refractivity contribution is 7.05. The van der Waals surface area contributed by atoms with Gasteiger partial charge in [0.15, 0.2) is 0 Å². The van der Waals surface area contributed by atoms with Crippen molar-refractivity contribution in [2.45, 2.75) is 19.8 Å². The Morgan fingerprint density at radius 2 is 2.60 bits per heavy atom. The first-order chi connectivity index (χ1) is 4.84. The number of aromatic nitrogens is 1. The molecule has 1 aromatic heterocycles. The molecule has 0 N–H and O–H groups in total. The van der Waals surface area contributed by atoms with Gasteiger partial charge in [0.1, 0.15) is 0 Å². The Morgan fingerprint density at radius 1 is 1.80 bits per heavy atom. The van der Waals surface area contributed by atoms with Crippen LogP contribution >= 0.6 is 11.5 Å². The minimum absolute atomic E-state index is 1.06. The van der Waals surface area contributed by atoms with Crippen LogP contribution in [0.5, 0.6) is 0 Å². The Morgan fingerprint density at radius 3 is 3.10 bits per heavy atom. The maximum absolute atomic E-state index is 4.08. The predicted molar refractivity (Wildman–Crippen MR) is 45.4 cm³/mol. The smallest absolute Gasteiger partial charge is 0.0438 e. The molecule has 0 saturated heterocycles. The molecule has 0 aliphatic rings. The van der Waals surface area contributed by atoms with E-state index in [0.29, 0.717) is 0 Å². The molecule has 1 rings (SSSR count). The quantitative estimate of drug-likeness (QED) is 0.608. The van der Waals surface area contributed by atoms with E-state index < -0.39 is 0 Å². The van der Waals surface area contributed by atoms with Gasteiger partial charge in [-0.05, 0) is 36.9 Å². The van der Waals surface area contributed by atoms with Crippen LogP contribution in [-0.4, -0.2) is 4.37 Å². The molecule has 1 nitrogen and oxygen atoms in total. The molecule has 0 aromatic carbocycles. The largest absolute Gasteiger partial charge is 0.201 e. The number of aryl methyl sites for hydroxylation is 2. The van der Waals surface area contributed by atoms with Gasteiger partial charge in [0.25, 0.3) is 0 Å². The molecule has 0 bridgehead atoms. The maximum atomic E-state index is 4.08. The third-order valence-electron chi connectivity index (χ3n) is 1.42. The van der Waals surface area contributed by atoms with E-state index in [1.807, 2.05) is 12.3 Å². The SMILES string of the molecule is C=CCCc1sncc1C. The van der Waals surface area contributed by atoms with Gasteiger partial charge < -0.3 is 0 Å². The van der Waals surface area contributed by atoms with Crippen LogP contribution in [0.15, 0.2) is 18.9 Å². The maximum Gasteiger partial charge on any atom is 0.0438 e. The number of rotatable bonds is 3. The van der Waals surface area contributed by atoms with Crippen molar-refractivity contribution in [1.29, 1.82) is 0 Å². The molecule has 0 aliphatic heterocycles. The lowest BCUT2D eigenvalue weighted by molar-refractivity contribution is 1.02. The van der Waals surface area contributed by atoms with Gasteiger partial charge >= 0.3 is 0 Å². The van der Waals surface area contributed by atoms with E-state index in [2.05, 4.69) is 17.9 Å². The first-order valence-electron chi connectivity index (χ1n) is 3.35. The van der Waals surface area contributed by atoms with Crippen LogP contribution in [0.1, 0.15) is 16.9 Å². The number of hydrogen-bond donors (Lipinski definition) is 0. The minimum atomic E-state index is 1.06. The third kappa shape index (κ3) is 1.67. The average molecular weight is 153 g/mol. The Bertz CT molecular complexity index is 215. The van der Waals surface area contributed by atoms with Crippen LogP contribution in [0, 0.1) is 6.92 Å². The Labute approximate surface area is 65.6 Å². The number of allylic oxidation sites excluding steroid dienone is 1. The Kier molecular flexibility index (Phi) is 2.63. The van der Waals surface area contributed by atoms with Crippen molar-refractivity contribution in [3.8, 4) is 0 Å². The van der Waals surface area contributed by atoms with Crippen molar-refractivity contribution in [2.75, 3.05) is 0 Å². The van der Waals surface area contributed by atoms with Gasteiger partial charge in [-0.3, -0.25) is 0 Å². The Balaban J connectivity index is 2.56. The lowest BCUT2D eigenvalue weighted by Crippen LogP contribution is -1.79. The van der Waals surface area contributed by atoms with Gasteiger partial charge in [-0.15, -0.1) is 6.58 Å². The molecule has 2 heteroatoms. The summed E-state index contributed by atoms with van der Waals surface area (Å²) in [6.07, 6.45) is 6.02. The molecule has 0 saturated carbocycles. The molecule has 1 heterocycles. The van der Waals surface area contributed by atoms with E-state index >= 15 is 0 Å². The lowest BCUT2D eigenvalue weighted by Gasteiger charge is -1.91. The van der Waals surface area contributed by atoms with Crippen molar-refractivity contribution in [1.82, 2.24) is 4.37 Å². The summed E-state index contributed by atoms with van der Waals surface area (Å²) >= 11 is 1.59. The topological polar surface area (TPSA) is 12.9 Å². The summed E-state index contributed by atoms with van der Waals surface area (Å²) in [5, 5.41) is 0. The van der Waals surface area contributed by atoms with Gasteiger partial charge in [-0.25, -0.2) is 4.37 Å². The summed E-state index contributed by atoms with van der Waals surface area (Å²) in [5.41, 5.74) is 1.31. The van der Waals surface area contributed by atoms with Crippen LogP contribution in [0.2, 0.25) is 0 Å². The summed E-state index contributed by atoms with van der Waals surface area (Å²) in [5.74, 6) is 0. The molecule has 0 fully saturated rings. The molecule has 0 atom stereocenters. The molecule has 0 amide bonds. The number of hydrogen-bond acceptors (Lipinski definition) is 2. The molecule has 0 radical (unpaired) electrons. The highest BCUT2D eigenvalue weighted by Crippen LogP contribution is 2.13. The normalized spacial score (nSPS) is 9.70. The highest BCUT2D eigenvalue weighted by Gasteiger charge is 1.97. The lowest BCUT2D eigenvalue weighted by atomic mass is 10.2. The summed E-state index contributed by atoms with van der Waals surface area (Å²) in [6.45, 7) is 5.77. The molecule has 10 heavy (non-hydrogen) atoms. The zero-order valence-corrected chi connectivity index (χ0v) is 6.95. The molecule has 0 spiro atoms. The van der Waals surface area contributed by atoms with E-state index in [-0.39, 0.29) is 0 Å². The van der Waals surface area contributed by atoms with Crippen molar-refractivity contribution in [2.24, 2.45) is 0 Å². The van der Waals surface area contributed by atoms with Gasteiger partial charge in [0.05, 0.1) is 0 Å². The van der Waals surface area contributed by atoms with Crippen LogP contribution < -0.4 is 0 Å². The monoisotopic (exact) mass is 153 g/mol. The fraction of sp³-hybridized carbons (Fsp3) is 0.375. The average Bonchev–Trinajstić information content (AvgIpc) is 2.31. The zero-order valence-electron chi connectivity index (χ0n) is 6.13. The van der Waals surface area contributed by atoms with Crippen molar-refractivity contribution >= 4 is 11.5 Å². The van der Waals surface area contributed by atoms with E-state index in [0.717, 1.165) is 12.8 Å². The van der Waals surface area contributed by atoms with E-state index in [1.165, 1.54) is 10.4 Å². The van der Waals surface area contributed by atoms with Gasteiger partial charge in [-0.1, -0.05) is 6.08 Å². The van der Waals surface area contributed by atoms with E-state index in [4.69, 9.17) is 0 Å². The first-order valence-corrected chi connectivity index (χ1v) is 4.13. The van der Waals surface area contributed by atoms with E-state index in [1.54, 1.807) is 11.5 Å². The zero-order chi connectivity index (χ0) is 7.40. The van der Waals surface area contributed by atoms with Gasteiger partial charge in [0.2, 0.25) is 0 Å². The fourth-order valence-electron chi connectivity index (χ4n) is 0.789. The van der Waals surface area contributed by atoms with Crippen molar-refractivity contribution in [3.05, 3.63) is 29.3 Å². The van der Waals surface area contributed by atoms with Crippen LogP contribution in [0.3, 0.4) is 0 Å². The fourth-order valence-corrected chi connectivity index (χ4v) is 1.53. The minimum Gasteiger partial charge on any atom is -0.201 e.